The van der Waals surface area contributed by atoms with Gasteiger partial charge in [0.05, 0.1) is 0 Å². The molecule has 5 N–H and O–H groups in total. The first-order valence-electron chi connectivity index (χ1n) is 9.46. The molecule has 0 aliphatic heterocycles. The quantitative estimate of drug-likeness (QED) is 0.669. The van der Waals surface area contributed by atoms with E-state index < -0.39 is 5.91 Å². The third-order valence-electron chi connectivity index (χ3n) is 4.84. The smallest absolute Gasteiger partial charge is 0.282 e. The highest BCUT2D eigenvalue weighted by molar-refractivity contribution is 5.95. The number of hydrogen-bond donors (Lipinski definition) is 3. The predicted octanol–water partition coefficient (Wildman–Crippen LogP) is 2.64. The Morgan fingerprint density at radius 3 is 2.07 bits per heavy atom. The lowest BCUT2D eigenvalue weighted by atomic mass is 9.94. The Morgan fingerprint density at radius 1 is 1.00 bits per heavy atom. The highest BCUT2D eigenvalue weighted by Gasteiger charge is 2.25. The lowest BCUT2D eigenvalue weighted by Crippen LogP contribution is -2.93. The van der Waals surface area contributed by atoms with Crippen molar-refractivity contribution in [2.24, 2.45) is 11.7 Å². The normalized spacial score (nSPS) is 13.2. The number of hydrogen-bond acceptors (Lipinski definition) is 2. The second-order valence-corrected chi connectivity index (χ2v) is 7.28. The maximum Gasteiger partial charge on any atom is 0.282 e. The summed E-state index contributed by atoms with van der Waals surface area (Å²) in [7, 11) is 0. The first-order valence-corrected chi connectivity index (χ1v) is 9.46. The molecule has 0 spiro atoms. The molecule has 5 heteroatoms. The molecule has 0 unspecified atom stereocenters. The zero-order chi connectivity index (χ0) is 20.0. The Morgan fingerprint density at radius 2 is 1.59 bits per heavy atom. The molecule has 0 radical (unpaired) electrons. The fourth-order valence-corrected chi connectivity index (χ4v) is 3.07. The van der Waals surface area contributed by atoms with E-state index in [2.05, 4.69) is 55.7 Å². The number of aryl methyl sites for hydroxylation is 1. The van der Waals surface area contributed by atoms with E-state index in [9.17, 15) is 9.59 Å². The van der Waals surface area contributed by atoms with Crippen LogP contribution in [-0.4, -0.2) is 17.9 Å². The molecule has 0 aliphatic carbocycles. The standard InChI is InChI=1S/C22H29N3O2/c1-5-16-6-8-17(9-7-16)20(14(2)3)24-15(4)22(27)25-19-12-10-18(11-13-19)21(23)26/h6-15,20,24H,5H2,1-4H3,(H2,23,26)(H,25,27)/p+1/t15-,20+/m0/s1. The molecule has 0 heterocycles. The highest BCUT2D eigenvalue weighted by Crippen LogP contribution is 2.19. The SMILES string of the molecule is CCc1ccc([C@H]([NH2+][C@@H](C)C(=O)Nc2ccc(C(N)=O)cc2)C(C)C)cc1. The summed E-state index contributed by atoms with van der Waals surface area (Å²) >= 11 is 0. The van der Waals surface area contributed by atoms with Gasteiger partial charge >= 0.3 is 0 Å². The molecule has 2 amide bonds. The first kappa shape index (κ1) is 20.6. The van der Waals surface area contributed by atoms with Crippen molar-refractivity contribution >= 4 is 17.5 Å². The maximum absolute atomic E-state index is 12.6. The van der Waals surface area contributed by atoms with Crippen LogP contribution in [0.15, 0.2) is 48.5 Å². The van der Waals surface area contributed by atoms with Crippen LogP contribution in [0.25, 0.3) is 0 Å². The van der Waals surface area contributed by atoms with E-state index in [1.165, 1.54) is 11.1 Å². The number of rotatable bonds is 8. The molecule has 0 aromatic heterocycles. The van der Waals surface area contributed by atoms with E-state index in [-0.39, 0.29) is 18.0 Å². The number of quaternary nitrogens is 1. The zero-order valence-corrected chi connectivity index (χ0v) is 16.5. The van der Waals surface area contributed by atoms with Gasteiger partial charge in [-0.1, -0.05) is 45.0 Å². The summed E-state index contributed by atoms with van der Waals surface area (Å²) in [5, 5.41) is 5.01. The van der Waals surface area contributed by atoms with Crippen LogP contribution in [0.2, 0.25) is 0 Å². The van der Waals surface area contributed by atoms with Crippen molar-refractivity contribution in [3.05, 3.63) is 65.2 Å². The largest absolute Gasteiger partial charge is 0.366 e. The van der Waals surface area contributed by atoms with Crippen LogP contribution in [0, 0.1) is 5.92 Å². The summed E-state index contributed by atoms with van der Waals surface area (Å²) < 4.78 is 0. The van der Waals surface area contributed by atoms with Crippen LogP contribution in [0.3, 0.4) is 0 Å². The van der Waals surface area contributed by atoms with Crippen molar-refractivity contribution in [3.63, 3.8) is 0 Å². The van der Waals surface area contributed by atoms with Gasteiger partial charge in [0.25, 0.3) is 5.91 Å². The molecule has 5 nitrogen and oxygen atoms in total. The van der Waals surface area contributed by atoms with Gasteiger partial charge in [0.15, 0.2) is 6.04 Å². The molecule has 0 aliphatic rings. The van der Waals surface area contributed by atoms with E-state index >= 15 is 0 Å². The average molecular weight is 369 g/mol. The minimum atomic E-state index is -0.483. The molecular formula is C22H30N3O2+. The van der Waals surface area contributed by atoms with Gasteiger partial charge in [-0.3, -0.25) is 9.59 Å². The van der Waals surface area contributed by atoms with Crippen molar-refractivity contribution in [2.75, 3.05) is 5.32 Å². The third-order valence-corrected chi connectivity index (χ3v) is 4.84. The molecule has 2 atom stereocenters. The third kappa shape index (κ3) is 5.66. The molecular weight excluding hydrogens is 338 g/mol. The fraction of sp³-hybridized carbons (Fsp3) is 0.364. The first-order chi connectivity index (χ1) is 12.8. The van der Waals surface area contributed by atoms with Crippen molar-refractivity contribution in [2.45, 2.75) is 46.2 Å². The summed E-state index contributed by atoms with van der Waals surface area (Å²) in [6.45, 7) is 8.39. The molecule has 2 rings (SSSR count). The molecule has 0 fully saturated rings. The summed E-state index contributed by atoms with van der Waals surface area (Å²) in [6, 6.07) is 15.2. The molecule has 0 bridgehead atoms. The predicted molar refractivity (Wildman–Crippen MR) is 108 cm³/mol. The molecule has 0 saturated carbocycles. The van der Waals surface area contributed by atoms with Crippen LogP contribution < -0.4 is 16.4 Å². The van der Waals surface area contributed by atoms with Crippen LogP contribution in [0.1, 0.15) is 55.2 Å². The van der Waals surface area contributed by atoms with Gasteiger partial charge in [-0.2, -0.15) is 0 Å². The minimum Gasteiger partial charge on any atom is -0.366 e. The van der Waals surface area contributed by atoms with Crippen molar-refractivity contribution in [3.8, 4) is 0 Å². The summed E-state index contributed by atoms with van der Waals surface area (Å²) in [5.41, 5.74) is 8.85. The number of carbonyl (C=O) groups is 2. The van der Waals surface area contributed by atoms with Crippen molar-refractivity contribution in [1.82, 2.24) is 0 Å². The topological polar surface area (TPSA) is 88.8 Å². The highest BCUT2D eigenvalue weighted by atomic mass is 16.2. The Bertz CT molecular complexity index is 767. The lowest BCUT2D eigenvalue weighted by molar-refractivity contribution is -0.718. The second kappa shape index (κ2) is 9.33. The van der Waals surface area contributed by atoms with E-state index in [4.69, 9.17) is 5.73 Å². The molecule has 2 aromatic carbocycles. The molecule has 27 heavy (non-hydrogen) atoms. The maximum atomic E-state index is 12.6. The van der Waals surface area contributed by atoms with E-state index in [0.29, 0.717) is 17.2 Å². The Labute approximate surface area is 161 Å². The van der Waals surface area contributed by atoms with Crippen LogP contribution in [0.5, 0.6) is 0 Å². The van der Waals surface area contributed by atoms with E-state index in [1.54, 1.807) is 24.3 Å². The molecule has 2 aromatic rings. The van der Waals surface area contributed by atoms with E-state index in [1.807, 2.05) is 6.92 Å². The van der Waals surface area contributed by atoms with Gasteiger partial charge in [0, 0.05) is 22.7 Å². The van der Waals surface area contributed by atoms with Gasteiger partial charge in [0.1, 0.15) is 6.04 Å². The summed E-state index contributed by atoms with van der Waals surface area (Å²) in [4.78, 5) is 23.7. The van der Waals surface area contributed by atoms with Crippen LogP contribution in [-0.2, 0) is 11.2 Å². The number of nitrogens with one attached hydrogen (secondary N) is 1. The minimum absolute atomic E-state index is 0.0716. The Hall–Kier alpha value is -2.66. The lowest BCUT2D eigenvalue weighted by Gasteiger charge is -2.23. The number of primary amides is 1. The van der Waals surface area contributed by atoms with Crippen molar-refractivity contribution < 1.29 is 14.9 Å². The Balaban J connectivity index is 2.04. The van der Waals surface area contributed by atoms with Gasteiger partial charge in [-0.05, 0) is 43.2 Å². The molecule has 0 saturated heterocycles. The van der Waals surface area contributed by atoms with Gasteiger partial charge in [-0.15, -0.1) is 0 Å². The average Bonchev–Trinajstić information content (AvgIpc) is 2.66. The van der Waals surface area contributed by atoms with Crippen molar-refractivity contribution in [1.29, 1.82) is 0 Å². The van der Waals surface area contributed by atoms with Gasteiger partial charge in [-0.25, -0.2) is 0 Å². The number of amides is 2. The molecule has 144 valence electrons. The Kier molecular flexibility index (Phi) is 7.13. The zero-order valence-electron chi connectivity index (χ0n) is 16.5. The number of carbonyl (C=O) groups excluding carboxylic acids is 2. The van der Waals surface area contributed by atoms with Crippen LogP contribution in [0.4, 0.5) is 5.69 Å². The van der Waals surface area contributed by atoms with Gasteiger partial charge < -0.3 is 16.4 Å². The van der Waals surface area contributed by atoms with E-state index in [0.717, 1.165) is 6.42 Å². The monoisotopic (exact) mass is 368 g/mol. The second-order valence-electron chi connectivity index (χ2n) is 7.28. The fourth-order valence-electron chi connectivity index (χ4n) is 3.07. The summed E-state index contributed by atoms with van der Waals surface area (Å²) in [6.07, 6.45) is 1.02. The van der Waals surface area contributed by atoms with Crippen LogP contribution >= 0.6 is 0 Å². The summed E-state index contributed by atoms with van der Waals surface area (Å²) in [5.74, 6) is -0.163. The number of anilines is 1. The number of nitrogens with two attached hydrogens (primary N) is 2. The number of benzene rings is 2. The van der Waals surface area contributed by atoms with Gasteiger partial charge in [0.2, 0.25) is 5.91 Å².